The first kappa shape index (κ1) is 16.3. The normalized spacial score (nSPS) is 21.4. The number of hydrogen-bond acceptors (Lipinski definition) is 4. The molecule has 1 saturated heterocycles. The molecule has 0 unspecified atom stereocenters. The smallest absolute Gasteiger partial charge is 0.407 e. The summed E-state index contributed by atoms with van der Waals surface area (Å²) in [5, 5.41) is 2.99. The molecule has 3 rings (SSSR count). The van der Waals surface area contributed by atoms with Gasteiger partial charge in [-0.05, 0) is 58.0 Å². The zero-order valence-corrected chi connectivity index (χ0v) is 14.4. The molecule has 0 radical (unpaired) electrons. The van der Waals surface area contributed by atoms with Gasteiger partial charge in [-0.2, -0.15) is 0 Å². The van der Waals surface area contributed by atoms with E-state index in [1.165, 1.54) is 12.8 Å². The molecule has 0 aromatic carbocycles. The number of carbonyl (C=O) groups is 1. The zero-order valence-electron chi connectivity index (χ0n) is 14.4. The highest BCUT2D eigenvalue weighted by molar-refractivity contribution is 5.67. The van der Waals surface area contributed by atoms with Crippen molar-refractivity contribution in [1.29, 1.82) is 0 Å². The van der Waals surface area contributed by atoms with Gasteiger partial charge in [-0.15, -0.1) is 0 Å². The quantitative estimate of drug-likeness (QED) is 0.925. The highest BCUT2D eigenvalue weighted by atomic mass is 16.6. The van der Waals surface area contributed by atoms with Crippen LogP contribution in [0.5, 0.6) is 0 Å². The van der Waals surface area contributed by atoms with E-state index in [1.54, 1.807) is 0 Å². The molecular weight excluding hydrogens is 292 g/mol. The van der Waals surface area contributed by atoms with E-state index in [-0.39, 0.29) is 12.2 Å². The summed E-state index contributed by atoms with van der Waals surface area (Å²) in [6.45, 7) is 6.92. The summed E-state index contributed by atoms with van der Waals surface area (Å²) in [7, 11) is 2.05. The van der Waals surface area contributed by atoms with Gasteiger partial charge in [-0.25, -0.2) is 9.78 Å². The minimum Gasteiger partial charge on any atom is -0.447 e. The molecular formula is C17H28N4O2. The number of ether oxygens (including phenoxy) is 1. The molecule has 0 bridgehead atoms. The number of imidazole rings is 1. The van der Waals surface area contributed by atoms with Crippen molar-refractivity contribution in [2.75, 3.05) is 13.1 Å². The SMILES string of the molecule is CC(C)OC(=O)NC1CC2(CCN(Cc3nccn3C)CC2)C1. The van der Waals surface area contributed by atoms with Crippen molar-refractivity contribution in [3.63, 3.8) is 0 Å². The Balaban J connectivity index is 1.40. The summed E-state index contributed by atoms with van der Waals surface area (Å²) < 4.78 is 7.24. The first-order valence-corrected chi connectivity index (χ1v) is 8.61. The van der Waals surface area contributed by atoms with Crippen LogP contribution in [0.3, 0.4) is 0 Å². The Kier molecular flexibility index (Phi) is 4.62. The number of hydrogen-bond donors (Lipinski definition) is 1. The van der Waals surface area contributed by atoms with E-state index in [2.05, 4.69) is 19.8 Å². The van der Waals surface area contributed by atoms with Gasteiger partial charge in [0.15, 0.2) is 0 Å². The number of rotatable bonds is 4. The zero-order chi connectivity index (χ0) is 16.4. The van der Waals surface area contributed by atoms with Gasteiger partial charge in [0.2, 0.25) is 0 Å². The van der Waals surface area contributed by atoms with Crippen LogP contribution in [0.25, 0.3) is 0 Å². The first-order chi connectivity index (χ1) is 11.0. The summed E-state index contributed by atoms with van der Waals surface area (Å²) in [5.74, 6) is 1.13. The van der Waals surface area contributed by atoms with Gasteiger partial charge in [0, 0.05) is 25.5 Å². The van der Waals surface area contributed by atoms with Gasteiger partial charge in [0.25, 0.3) is 0 Å². The number of alkyl carbamates (subject to hydrolysis) is 1. The Bertz CT molecular complexity index is 539. The van der Waals surface area contributed by atoms with Crippen LogP contribution in [0, 0.1) is 5.41 Å². The molecule has 1 spiro atoms. The fourth-order valence-electron chi connectivity index (χ4n) is 3.84. The number of piperidine rings is 1. The van der Waals surface area contributed by atoms with Crippen molar-refractivity contribution in [1.82, 2.24) is 19.8 Å². The second-order valence-corrected chi connectivity index (χ2v) is 7.43. The minimum atomic E-state index is -0.271. The molecule has 6 heteroatoms. The molecule has 1 aliphatic carbocycles. The lowest BCUT2D eigenvalue weighted by molar-refractivity contribution is 0.00107. The fourth-order valence-corrected chi connectivity index (χ4v) is 3.84. The molecule has 1 aromatic heterocycles. The van der Waals surface area contributed by atoms with Gasteiger partial charge >= 0.3 is 6.09 Å². The van der Waals surface area contributed by atoms with Gasteiger partial charge in [-0.3, -0.25) is 4.90 Å². The van der Waals surface area contributed by atoms with Crippen LogP contribution in [-0.4, -0.2) is 45.8 Å². The second kappa shape index (κ2) is 6.51. The third-order valence-electron chi connectivity index (χ3n) is 5.23. The van der Waals surface area contributed by atoms with Crippen molar-refractivity contribution in [2.24, 2.45) is 12.5 Å². The van der Waals surface area contributed by atoms with Crippen LogP contribution in [0.15, 0.2) is 12.4 Å². The minimum absolute atomic E-state index is 0.0570. The van der Waals surface area contributed by atoms with Gasteiger partial charge in [-0.1, -0.05) is 0 Å². The molecule has 1 aliphatic heterocycles. The number of amides is 1. The predicted molar refractivity (Wildman–Crippen MR) is 87.9 cm³/mol. The number of nitrogens with one attached hydrogen (secondary N) is 1. The monoisotopic (exact) mass is 320 g/mol. The Hall–Kier alpha value is -1.56. The molecule has 2 fully saturated rings. The molecule has 1 N–H and O–H groups in total. The lowest BCUT2D eigenvalue weighted by Crippen LogP contribution is -2.55. The highest BCUT2D eigenvalue weighted by Crippen LogP contribution is 2.49. The van der Waals surface area contributed by atoms with Crippen LogP contribution in [-0.2, 0) is 18.3 Å². The van der Waals surface area contributed by atoms with E-state index in [1.807, 2.05) is 33.3 Å². The van der Waals surface area contributed by atoms with Crippen molar-refractivity contribution >= 4 is 6.09 Å². The van der Waals surface area contributed by atoms with Gasteiger partial charge < -0.3 is 14.6 Å². The van der Waals surface area contributed by atoms with Crippen molar-refractivity contribution < 1.29 is 9.53 Å². The second-order valence-electron chi connectivity index (χ2n) is 7.43. The van der Waals surface area contributed by atoms with Crippen molar-refractivity contribution in [2.45, 2.75) is 58.2 Å². The molecule has 0 atom stereocenters. The van der Waals surface area contributed by atoms with Crippen LogP contribution < -0.4 is 5.32 Å². The number of carbonyl (C=O) groups excluding carboxylic acids is 1. The molecule has 1 amide bonds. The van der Waals surface area contributed by atoms with Crippen LogP contribution >= 0.6 is 0 Å². The van der Waals surface area contributed by atoms with Crippen molar-refractivity contribution in [3.8, 4) is 0 Å². The Morgan fingerprint density at radius 1 is 1.43 bits per heavy atom. The van der Waals surface area contributed by atoms with Crippen LogP contribution in [0.1, 0.15) is 45.4 Å². The number of aryl methyl sites for hydroxylation is 1. The lowest BCUT2D eigenvalue weighted by Gasteiger charge is -2.52. The maximum absolute atomic E-state index is 11.6. The Labute approximate surface area is 138 Å². The molecule has 128 valence electrons. The van der Waals surface area contributed by atoms with E-state index in [0.29, 0.717) is 11.5 Å². The van der Waals surface area contributed by atoms with E-state index in [9.17, 15) is 4.79 Å². The number of nitrogens with zero attached hydrogens (tertiary/aromatic N) is 3. The average molecular weight is 320 g/mol. The standard InChI is InChI=1S/C17H28N4O2/c1-13(2)23-16(22)19-14-10-17(11-14)4-7-21(8-5-17)12-15-18-6-9-20(15)3/h6,9,13-14H,4-5,7-8,10-12H2,1-3H3,(H,19,22). The predicted octanol–water partition coefficient (Wildman–Crippen LogP) is 2.30. The maximum Gasteiger partial charge on any atom is 0.407 e. The molecule has 6 nitrogen and oxygen atoms in total. The average Bonchev–Trinajstić information content (AvgIpc) is 2.84. The third-order valence-corrected chi connectivity index (χ3v) is 5.23. The summed E-state index contributed by atoms with van der Waals surface area (Å²) in [4.78, 5) is 18.5. The van der Waals surface area contributed by atoms with E-state index in [4.69, 9.17) is 4.74 Å². The lowest BCUT2D eigenvalue weighted by atomic mass is 9.60. The van der Waals surface area contributed by atoms with E-state index < -0.39 is 0 Å². The third kappa shape index (κ3) is 3.86. The molecule has 1 aromatic rings. The van der Waals surface area contributed by atoms with Gasteiger partial charge in [0.05, 0.1) is 12.6 Å². The molecule has 2 heterocycles. The molecule has 1 saturated carbocycles. The molecule has 23 heavy (non-hydrogen) atoms. The number of aromatic nitrogens is 2. The van der Waals surface area contributed by atoms with E-state index >= 15 is 0 Å². The highest BCUT2D eigenvalue weighted by Gasteiger charge is 2.46. The summed E-state index contributed by atoms with van der Waals surface area (Å²) in [5.41, 5.74) is 0.438. The Morgan fingerprint density at radius 3 is 2.70 bits per heavy atom. The van der Waals surface area contributed by atoms with Gasteiger partial charge in [0.1, 0.15) is 5.82 Å². The van der Waals surface area contributed by atoms with Crippen LogP contribution in [0.4, 0.5) is 4.79 Å². The Morgan fingerprint density at radius 2 is 2.13 bits per heavy atom. The molecule has 2 aliphatic rings. The number of likely N-dealkylation sites (tertiary alicyclic amines) is 1. The largest absolute Gasteiger partial charge is 0.447 e. The first-order valence-electron chi connectivity index (χ1n) is 8.61. The van der Waals surface area contributed by atoms with E-state index in [0.717, 1.165) is 38.3 Å². The maximum atomic E-state index is 11.6. The van der Waals surface area contributed by atoms with Crippen LogP contribution in [0.2, 0.25) is 0 Å². The summed E-state index contributed by atoms with van der Waals surface area (Å²) in [6.07, 6.45) is 8.15. The summed E-state index contributed by atoms with van der Waals surface area (Å²) in [6, 6.07) is 0.294. The topological polar surface area (TPSA) is 59.4 Å². The fraction of sp³-hybridized carbons (Fsp3) is 0.765. The summed E-state index contributed by atoms with van der Waals surface area (Å²) >= 11 is 0. The van der Waals surface area contributed by atoms with Crippen molar-refractivity contribution in [3.05, 3.63) is 18.2 Å².